The van der Waals surface area contributed by atoms with Gasteiger partial charge in [-0.3, -0.25) is 4.79 Å². The molecule has 92 valence electrons. The number of amides is 1. The largest absolute Gasteiger partial charge is 0.392 e. The van der Waals surface area contributed by atoms with Gasteiger partial charge in [0.1, 0.15) is 11.5 Å². The van der Waals surface area contributed by atoms with Crippen LogP contribution in [0.1, 0.15) is 16.1 Å². The van der Waals surface area contributed by atoms with Crippen LogP contribution in [0, 0.1) is 5.82 Å². The first kappa shape index (κ1) is 12.2. The minimum absolute atomic E-state index is 0.0479. The first-order chi connectivity index (χ1) is 8.69. The van der Waals surface area contributed by atoms with Crippen LogP contribution in [0.4, 0.5) is 10.1 Å². The average molecular weight is 246 g/mol. The maximum absolute atomic E-state index is 12.6. The monoisotopic (exact) mass is 246 g/mol. The minimum Gasteiger partial charge on any atom is -0.392 e. The summed E-state index contributed by atoms with van der Waals surface area (Å²) in [6.45, 7) is -0.0479. The Kier molecular flexibility index (Phi) is 3.64. The highest BCUT2D eigenvalue weighted by Gasteiger charge is 2.07. The number of rotatable bonds is 3. The highest BCUT2D eigenvalue weighted by Crippen LogP contribution is 2.10. The van der Waals surface area contributed by atoms with E-state index in [2.05, 4.69) is 10.3 Å². The minimum atomic E-state index is -0.487. The van der Waals surface area contributed by atoms with Crippen molar-refractivity contribution in [3.63, 3.8) is 0 Å². The van der Waals surface area contributed by atoms with Gasteiger partial charge in [-0.15, -0.1) is 0 Å². The number of aliphatic hydroxyl groups excluding tert-OH is 1. The lowest BCUT2D eigenvalue weighted by molar-refractivity contribution is 0.102. The fourth-order valence-corrected chi connectivity index (χ4v) is 1.40. The second-order valence-corrected chi connectivity index (χ2v) is 3.67. The van der Waals surface area contributed by atoms with Gasteiger partial charge in [0.05, 0.1) is 12.8 Å². The number of anilines is 1. The van der Waals surface area contributed by atoms with E-state index < -0.39 is 11.7 Å². The number of benzene rings is 1. The molecule has 0 fully saturated rings. The molecule has 0 radical (unpaired) electrons. The molecule has 1 heterocycles. The van der Waals surface area contributed by atoms with Crippen LogP contribution in [0.25, 0.3) is 0 Å². The van der Waals surface area contributed by atoms with Gasteiger partial charge in [-0.2, -0.15) is 0 Å². The number of pyridine rings is 1. The molecule has 4 nitrogen and oxygen atoms in total. The number of carbonyl (C=O) groups excluding carboxylic acids is 1. The van der Waals surface area contributed by atoms with E-state index in [0.717, 1.165) is 11.8 Å². The molecule has 2 N–H and O–H groups in total. The van der Waals surface area contributed by atoms with Crippen LogP contribution >= 0.6 is 0 Å². The molecule has 0 saturated heterocycles. The Hall–Kier alpha value is -2.27. The summed E-state index contributed by atoms with van der Waals surface area (Å²) in [4.78, 5) is 15.4. The van der Waals surface area contributed by atoms with Gasteiger partial charge in [0.2, 0.25) is 0 Å². The van der Waals surface area contributed by atoms with Crippen molar-refractivity contribution in [2.75, 3.05) is 5.32 Å². The molecule has 0 atom stereocenters. The average Bonchev–Trinajstić information content (AvgIpc) is 2.40. The summed E-state index contributed by atoms with van der Waals surface area (Å²) in [5, 5.41) is 11.5. The van der Waals surface area contributed by atoms with Gasteiger partial charge in [0.25, 0.3) is 5.91 Å². The zero-order valence-electron chi connectivity index (χ0n) is 9.43. The van der Waals surface area contributed by atoms with E-state index in [9.17, 15) is 9.18 Å². The molecule has 1 aromatic carbocycles. The molecule has 0 aliphatic heterocycles. The molecule has 0 saturated carbocycles. The lowest BCUT2D eigenvalue weighted by Crippen LogP contribution is -2.13. The van der Waals surface area contributed by atoms with Crippen molar-refractivity contribution < 1.29 is 14.3 Å². The van der Waals surface area contributed by atoms with Crippen molar-refractivity contribution in [2.45, 2.75) is 6.61 Å². The second-order valence-electron chi connectivity index (χ2n) is 3.67. The van der Waals surface area contributed by atoms with Crippen molar-refractivity contribution >= 4 is 11.6 Å². The van der Waals surface area contributed by atoms with Crippen LogP contribution in [-0.2, 0) is 6.61 Å². The quantitative estimate of drug-likeness (QED) is 0.870. The first-order valence-electron chi connectivity index (χ1n) is 5.32. The van der Waals surface area contributed by atoms with Gasteiger partial charge >= 0.3 is 0 Å². The van der Waals surface area contributed by atoms with Gasteiger partial charge in [-0.25, -0.2) is 9.37 Å². The molecule has 2 aromatic rings. The van der Waals surface area contributed by atoms with E-state index in [0.29, 0.717) is 5.69 Å². The third kappa shape index (κ3) is 2.89. The summed E-state index contributed by atoms with van der Waals surface area (Å²) < 4.78 is 12.6. The van der Waals surface area contributed by atoms with E-state index >= 15 is 0 Å². The Morgan fingerprint density at radius 1 is 1.22 bits per heavy atom. The summed E-state index contributed by atoms with van der Waals surface area (Å²) in [6.07, 6.45) is 0.990. The van der Waals surface area contributed by atoms with Crippen LogP contribution in [-0.4, -0.2) is 16.0 Å². The van der Waals surface area contributed by atoms with Crippen LogP contribution in [0.15, 0.2) is 42.6 Å². The second kappa shape index (κ2) is 5.37. The molecule has 2 rings (SSSR count). The van der Waals surface area contributed by atoms with Crippen LogP contribution < -0.4 is 5.32 Å². The van der Waals surface area contributed by atoms with Gasteiger partial charge in [0, 0.05) is 5.69 Å². The highest BCUT2D eigenvalue weighted by molar-refractivity contribution is 6.02. The number of nitrogens with zero attached hydrogens (tertiary/aromatic N) is 1. The molecular weight excluding hydrogens is 235 g/mol. The molecule has 0 aliphatic rings. The van der Waals surface area contributed by atoms with E-state index in [1.807, 2.05) is 0 Å². The summed E-state index contributed by atoms with van der Waals surface area (Å²) in [5.74, 6) is -0.898. The molecular formula is C13H11FN2O2. The van der Waals surface area contributed by atoms with E-state index in [-0.39, 0.29) is 12.3 Å². The van der Waals surface area contributed by atoms with E-state index in [4.69, 9.17) is 5.11 Å². The fourth-order valence-electron chi connectivity index (χ4n) is 1.40. The summed E-state index contributed by atoms with van der Waals surface area (Å²) >= 11 is 0. The number of hydrogen-bond acceptors (Lipinski definition) is 3. The highest BCUT2D eigenvalue weighted by atomic mass is 19.1. The maximum atomic E-state index is 12.6. The Labute approximate surface area is 103 Å². The van der Waals surface area contributed by atoms with Gasteiger partial charge in [0.15, 0.2) is 0 Å². The Morgan fingerprint density at radius 3 is 2.50 bits per heavy atom. The van der Waals surface area contributed by atoms with Crippen LogP contribution in [0.2, 0.25) is 0 Å². The number of carbonyl (C=O) groups is 1. The van der Waals surface area contributed by atoms with Crippen LogP contribution in [0.3, 0.4) is 0 Å². The topological polar surface area (TPSA) is 62.2 Å². The molecule has 0 unspecified atom stereocenters. The number of halogens is 1. The smallest absolute Gasteiger partial charge is 0.274 e. The van der Waals surface area contributed by atoms with Crippen molar-refractivity contribution in [3.8, 4) is 0 Å². The number of hydrogen-bond donors (Lipinski definition) is 2. The third-order valence-electron chi connectivity index (χ3n) is 2.35. The third-order valence-corrected chi connectivity index (χ3v) is 2.35. The van der Waals surface area contributed by atoms with Crippen molar-refractivity contribution in [1.29, 1.82) is 0 Å². The van der Waals surface area contributed by atoms with Crippen molar-refractivity contribution in [3.05, 3.63) is 59.7 Å². The summed E-state index contributed by atoms with van der Waals surface area (Å²) in [5.41, 5.74) is 1.49. The number of aliphatic hydroxyl groups is 1. The molecule has 0 bridgehead atoms. The Balaban J connectivity index is 2.08. The van der Waals surface area contributed by atoms with Gasteiger partial charge in [-0.1, -0.05) is 12.1 Å². The maximum Gasteiger partial charge on any atom is 0.274 e. The predicted octanol–water partition coefficient (Wildman–Crippen LogP) is 1.97. The number of nitrogens with one attached hydrogen (secondary N) is 1. The van der Waals surface area contributed by atoms with E-state index in [1.54, 1.807) is 24.3 Å². The predicted molar refractivity (Wildman–Crippen MR) is 64.5 cm³/mol. The zero-order chi connectivity index (χ0) is 13.0. The lowest BCUT2D eigenvalue weighted by Gasteiger charge is -2.05. The van der Waals surface area contributed by atoms with Crippen LogP contribution in [0.5, 0.6) is 0 Å². The van der Waals surface area contributed by atoms with E-state index in [1.165, 1.54) is 12.1 Å². The Bertz CT molecular complexity index is 538. The fraction of sp³-hybridized carbons (Fsp3) is 0.0769. The molecule has 0 aliphatic carbocycles. The van der Waals surface area contributed by atoms with Crippen molar-refractivity contribution in [2.24, 2.45) is 0 Å². The lowest BCUT2D eigenvalue weighted by atomic mass is 10.2. The summed E-state index contributed by atoms with van der Waals surface area (Å²) in [7, 11) is 0. The Morgan fingerprint density at radius 2 is 1.94 bits per heavy atom. The van der Waals surface area contributed by atoms with Gasteiger partial charge in [-0.05, 0) is 29.8 Å². The molecule has 5 heteroatoms. The first-order valence-corrected chi connectivity index (χ1v) is 5.32. The molecule has 0 spiro atoms. The SMILES string of the molecule is O=C(Nc1ccc(CO)cc1)c1ccc(F)cn1. The summed E-state index contributed by atoms with van der Waals surface area (Å²) in [6, 6.07) is 9.24. The standard InChI is InChI=1S/C13H11FN2O2/c14-10-3-6-12(15-7-10)13(18)16-11-4-1-9(8-17)2-5-11/h1-7,17H,8H2,(H,16,18). The van der Waals surface area contributed by atoms with Gasteiger partial charge < -0.3 is 10.4 Å². The number of aromatic nitrogens is 1. The zero-order valence-corrected chi connectivity index (χ0v) is 9.43. The molecule has 18 heavy (non-hydrogen) atoms. The molecule has 1 amide bonds. The van der Waals surface area contributed by atoms with Crippen molar-refractivity contribution in [1.82, 2.24) is 4.98 Å². The normalized spacial score (nSPS) is 10.1. The molecule has 1 aromatic heterocycles.